The molecule has 0 aliphatic heterocycles. The summed E-state index contributed by atoms with van der Waals surface area (Å²) in [5, 5.41) is 0. The largest absolute Gasteiger partial charge is 0.383 e. The second-order valence-electron chi connectivity index (χ2n) is 1.85. The van der Waals surface area contributed by atoms with Crippen molar-refractivity contribution >= 4 is 22.1 Å². The first-order chi connectivity index (χ1) is 5.33. The van der Waals surface area contributed by atoms with Crippen molar-refractivity contribution in [3.8, 4) is 0 Å². The lowest BCUT2D eigenvalue weighted by molar-refractivity contribution is -0.125. The zero-order chi connectivity index (χ0) is 9.78. The first kappa shape index (κ1) is 10.8. The highest BCUT2D eigenvalue weighted by Crippen LogP contribution is 1.82. The lowest BCUT2D eigenvalue weighted by Crippen LogP contribution is -2.35. The second-order valence-corrected chi connectivity index (χ2v) is 3.13. The average molecular weight is 196 g/mol. The summed E-state index contributed by atoms with van der Waals surface area (Å²) < 4.78 is 26.5. The zero-order valence-corrected chi connectivity index (χ0v) is 7.27. The van der Waals surface area contributed by atoms with Gasteiger partial charge in [0.15, 0.2) is 0 Å². The summed E-state index contributed by atoms with van der Waals surface area (Å²) in [5.74, 6) is -1.50. The molecular formula is C4H8N2O5S. The van der Waals surface area contributed by atoms with Crippen LogP contribution in [0.5, 0.6) is 0 Å². The van der Waals surface area contributed by atoms with Crippen LogP contribution in [0.15, 0.2) is 0 Å². The molecule has 2 amide bonds. The maximum absolute atomic E-state index is 10.6. The van der Waals surface area contributed by atoms with Gasteiger partial charge < -0.3 is 0 Å². The fourth-order valence-corrected chi connectivity index (χ4v) is 0.931. The third kappa shape index (κ3) is 5.62. The number of nitrogens with one attached hydrogen (secondary N) is 2. The van der Waals surface area contributed by atoms with Crippen LogP contribution in [0.25, 0.3) is 0 Å². The van der Waals surface area contributed by atoms with E-state index >= 15 is 0 Å². The topological polar surface area (TPSA) is 102 Å². The predicted octanol–water partition coefficient (Wildman–Crippen LogP) is -1.57. The van der Waals surface area contributed by atoms with Crippen molar-refractivity contribution in [1.29, 1.82) is 0 Å². The van der Waals surface area contributed by atoms with Gasteiger partial charge in [-0.15, -0.1) is 4.28 Å². The first-order valence-electron chi connectivity index (χ1n) is 2.82. The van der Waals surface area contributed by atoms with Crippen LogP contribution in [0, 0.1) is 0 Å². The summed E-state index contributed by atoms with van der Waals surface area (Å²) in [4.78, 5) is 20.4. The van der Waals surface area contributed by atoms with E-state index in [2.05, 4.69) is 4.28 Å². The van der Waals surface area contributed by atoms with E-state index in [9.17, 15) is 18.0 Å². The van der Waals surface area contributed by atoms with E-state index in [0.717, 1.165) is 13.8 Å². The quantitative estimate of drug-likeness (QED) is 0.531. The van der Waals surface area contributed by atoms with Crippen molar-refractivity contribution in [3.63, 3.8) is 0 Å². The van der Waals surface area contributed by atoms with Gasteiger partial charge in [-0.25, -0.2) is 10.2 Å². The molecule has 0 spiro atoms. The van der Waals surface area contributed by atoms with E-state index in [0.29, 0.717) is 0 Å². The second kappa shape index (κ2) is 4.02. The van der Waals surface area contributed by atoms with Gasteiger partial charge in [-0.05, 0) is 0 Å². The lowest BCUT2D eigenvalue weighted by atomic mass is 10.8. The van der Waals surface area contributed by atoms with Crippen molar-refractivity contribution < 1.29 is 22.3 Å². The summed E-state index contributed by atoms with van der Waals surface area (Å²) in [7, 11) is -4.21. The zero-order valence-electron chi connectivity index (χ0n) is 6.45. The number of rotatable bonds is 3. The Morgan fingerprint density at radius 3 is 2.00 bits per heavy atom. The predicted molar refractivity (Wildman–Crippen MR) is 37.6 cm³/mol. The molecule has 0 fully saturated rings. The minimum Gasteiger partial charge on any atom is -0.274 e. The Hall–Kier alpha value is -1.15. The van der Waals surface area contributed by atoms with Gasteiger partial charge in [0.25, 0.3) is 0 Å². The molecule has 0 atom stereocenters. The SMILES string of the molecule is CC(=O)NOS(=O)(=O)NC(C)=O. The van der Waals surface area contributed by atoms with Gasteiger partial charge in [-0.2, -0.15) is 8.42 Å². The number of hydroxylamine groups is 1. The number of hydrogen-bond donors (Lipinski definition) is 2. The Morgan fingerprint density at radius 1 is 1.17 bits per heavy atom. The van der Waals surface area contributed by atoms with Gasteiger partial charge in [0.2, 0.25) is 11.8 Å². The maximum Gasteiger partial charge on any atom is 0.383 e. The Bertz CT molecular complexity index is 282. The molecule has 2 N–H and O–H groups in total. The average Bonchev–Trinajstić information content (AvgIpc) is 1.81. The summed E-state index contributed by atoms with van der Waals surface area (Å²) in [6.45, 7) is 2.05. The maximum atomic E-state index is 10.6. The molecule has 0 saturated heterocycles. The molecule has 12 heavy (non-hydrogen) atoms. The Labute approximate surface area is 69.3 Å². The smallest absolute Gasteiger partial charge is 0.274 e. The van der Waals surface area contributed by atoms with Gasteiger partial charge in [0.05, 0.1) is 0 Å². The van der Waals surface area contributed by atoms with E-state index in [1.807, 2.05) is 0 Å². The molecule has 0 saturated carbocycles. The number of hydrogen-bond acceptors (Lipinski definition) is 5. The normalized spacial score (nSPS) is 10.5. The third-order valence-electron chi connectivity index (χ3n) is 0.564. The number of carbonyl (C=O) groups excluding carboxylic acids is 2. The molecule has 0 aromatic rings. The number of amides is 2. The minimum absolute atomic E-state index is 0.691. The van der Waals surface area contributed by atoms with Gasteiger partial charge in [0.1, 0.15) is 0 Å². The van der Waals surface area contributed by atoms with Crippen molar-refractivity contribution in [3.05, 3.63) is 0 Å². The molecule has 0 aliphatic carbocycles. The highest BCUT2D eigenvalue weighted by molar-refractivity contribution is 7.85. The van der Waals surface area contributed by atoms with E-state index in [1.165, 1.54) is 4.72 Å². The molecule has 0 aliphatic rings. The van der Waals surface area contributed by atoms with E-state index in [1.54, 1.807) is 5.48 Å². The van der Waals surface area contributed by atoms with E-state index in [-0.39, 0.29) is 0 Å². The van der Waals surface area contributed by atoms with Crippen LogP contribution in [0.1, 0.15) is 13.8 Å². The molecule has 0 bridgehead atoms. The molecule has 8 heteroatoms. The monoisotopic (exact) mass is 196 g/mol. The van der Waals surface area contributed by atoms with Crippen LogP contribution in [0.2, 0.25) is 0 Å². The van der Waals surface area contributed by atoms with Crippen LogP contribution in [-0.2, 0) is 24.2 Å². The van der Waals surface area contributed by atoms with E-state index in [4.69, 9.17) is 0 Å². The Balaban J connectivity index is 4.06. The summed E-state index contributed by atoms with van der Waals surface area (Å²) in [5.41, 5.74) is 1.55. The number of carbonyl (C=O) groups is 2. The molecule has 0 radical (unpaired) electrons. The highest BCUT2D eigenvalue weighted by Gasteiger charge is 2.12. The molecule has 0 rings (SSSR count). The molecular weight excluding hydrogens is 188 g/mol. The van der Waals surface area contributed by atoms with Gasteiger partial charge in [-0.1, -0.05) is 0 Å². The summed E-state index contributed by atoms with van der Waals surface area (Å²) >= 11 is 0. The first-order valence-corrected chi connectivity index (χ1v) is 4.22. The standard InChI is InChI=1S/C4H8N2O5S/c1-3(7)5-11-12(9,10)6-4(2)8/h1-2H3,(H,5,7)(H,6,8). The van der Waals surface area contributed by atoms with Crippen LogP contribution in [0.4, 0.5) is 0 Å². The fourth-order valence-electron chi connectivity index (χ4n) is 0.310. The Morgan fingerprint density at radius 2 is 1.67 bits per heavy atom. The van der Waals surface area contributed by atoms with Crippen LogP contribution < -0.4 is 10.2 Å². The van der Waals surface area contributed by atoms with Crippen LogP contribution >= 0.6 is 0 Å². The van der Waals surface area contributed by atoms with Crippen molar-refractivity contribution in [2.75, 3.05) is 0 Å². The lowest BCUT2D eigenvalue weighted by Gasteiger charge is -2.03. The highest BCUT2D eigenvalue weighted by atomic mass is 32.2. The minimum atomic E-state index is -4.21. The third-order valence-corrected chi connectivity index (χ3v) is 1.40. The molecule has 0 aromatic heterocycles. The molecule has 0 unspecified atom stereocenters. The van der Waals surface area contributed by atoms with Crippen molar-refractivity contribution in [2.24, 2.45) is 0 Å². The van der Waals surface area contributed by atoms with E-state index < -0.39 is 22.1 Å². The van der Waals surface area contributed by atoms with Crippen LogP contribution in [-0.4, -0.2) is 20.2 Å². The summed E-state index contributed by atoms with van der Waals surface area (Å²) in [6.07, 6.45) is 0. The Kier molecular flexibility index (Phi) is 3.64. The molecule has 0 heterocycles. The van der Waals surface area contributed by atoms with Crippen molar-refractivity contribution in [1.82, 2.24) is 10.2 Å². The molecule has 0 aromatic carbocycles. The van der Waals surface area contributed by atoms with Gasteiger partial charge in [0, 0.05) is 13.8 Å². The van der Waals surface area contributed by atoms with Crippen molar-refractivity contribution in [2.45, 2.75) is 13.8 Å². The van der Waals surface area contributed by atoms with Crippen LogP contribution in [0.3, 0.4) is 0 Å². The molecule has 7 nitrogen and oxygen atoms in total. The molecule has 70 valence electrons. The van der Waals surface area contributed by atoms with Gasteiger partial charge in [-0.3, -0.25) is 9.59 Å². The van der Waals surface area contributed by atoms with Gasteiger partial charge >= 0.3 is 10.3 Å². The summed E-state index contributed by atoms with van der Waals surface area (Å²) in [6, 6.07) is 0. The fraction of sp³-hybridized carbons (Fsp3) is 0.500.